The third kappa shape index (κ3) is 3.86. The topological polar surface area (TPSA) is 78.4 Å². The van der Waals surface area contributed by atoms with Crippen LogP contribution in [0.5, 0.6) is 5.75 Å². The number of likely N-dealkylation sites (tertiary alicyclic amines) is 1. The molecule has 8 rings (SSSR count). The number of nitrogen functional groups attached to an aromatic ring is 1. The normalized spacial score (nSPS) is 34.4. The van der Waals surface area contributed by atoms with E-state index in [1.165, 1.54) is 50.9 Å². The first kappa shape index (κ1) is 22.7. The van der Waals surface area contributed by atoms with E-state index in [2.05, 4.69) is 50.6 Å². The fraction of sp³-hybridized carbons (Fsp3) is 0.586. The summed E-state index contributed by atoms with van der Waals surface area (Å²) in [7, 11) is 0. The van der Waals surface area contributed by atoms with Crippen LogP contribution in [0.1, 0.15) is 51.0 Å². The van der Waals surface area contributed by atoms with Crippen molar-refractivity contribution < 1.29 is 9.47 Å². The Balaban J connectivity index is 1.03. The molecule has 4 bridgehead atoms. The fourth-order valence-electron chi connectivity index (χ4n) is 7.57. The molecule has 1 saturated carbocycles. The van der Waals surface area contributed by atoms with E-state index >= 15 is 0 Å². The SMILES string of the molecule is Nc1ncnc2c1c(-c1cccc(OCC34CCC(CC3)O4)c1)cn2[C@H]1C[C@H](CN2C[C@@H]3C[C@H]2CS3)C1. The highest BCUT2D eigenvalue weighted by molar-refractivity contribution is 8.00. The molecule has 1 aromatic carbocycles. The lowest BCUT2D eigenvalue weighted by molar-refractivity contribution is -0.0198. The molecule has 5 fully saturated rings. The van der Waals surface area contributed by atoms with Crippen LogP contribution in [-0.2, 0) is 4.74 Å². The number of rotatable bonds is 7. The zero-order valence-corrected chi connectivity index (χ0v) is 22.0. The van der Waals surface area contributed by atoms with Crippen LogP contribution in [0.15, 0.2) is 36.8 Å². The zero-order chi connectivity index (χ0) is 24.6. The van der Waals surface area contributed by atoms with Crippen LogP contribution in [0.4, 0.5) is 5.82 Å². The zero-order valence-electron chi connectivity index (χ0n) is 21.2. The molecule has 5 aliphatic rings. The lowest BCUT2D eigenvalue weighted by Gasteiger charge is -2.40. The van der Waals surface area contributed by atoms with Crippen molar-refractivity contribution in [3.05, 3.63) is 36.8 Å². The molecule has 0 amide bonds. The molecule has 4 aliphatic heterocycles. The molecular weight excluding hydrogens is 482 g/mol. The second-order valence-electron chi connectivity index (χ2n) is 12.0. The van der Waals surface area contributed by atoms with E-state index in [0.29, 0.717) is 24.6 Å². The minimum Gasteiger partial charge on any atom is -0.491 e. The summed E-state index contributed by atoms with van der Waals surface area (Å²) in [5.41, 5.74) is 9.49. The molecule has 194 valence electrons. The number of benzene rings is 1. The molecule has 2 aromatic heterocycles. The third-order valence-corrected chi connectivity index (χ3v) is 11.0. The first-order chi connectivity index (χ1) is 18.1. The average Bonchev–Trinajstić information content (AvgIpc) is 3.72. The molecule has 1 aliphatic carbocycles. The molecular formula is C29H35N5O2S. The molecule has 3 aromatic rings. The van der Waals surface area contributed by atoms with Crippen molar-refractivity contribution in [1.82, 2.24) is 19.4 Å². The minimum atomic E-state index is -0.0802. The number of aromatic nitrogens is 3. The Hall–Kier alpha value is -2.29. The molecule has 6 heterocycles. The second-order valence-corrected chi connectivity index (χ2v) is 13.3. The molecule has 37 heavy (non-hydrogen) atoms. The van der Waals surface area contributed by atoms with Crippen molar-refractivity contribution in [1.29, 1.82) is 0 Å². The van der Waals surface area contributed by atoms with Crippen LogP contribution >= 0.6 is 11.8 Å². The van der Waals surface area contributed by atoms with Gasteiger partial charge in [-0.3, -0.25) is 4.90 Å². The van der Waals surface area contributed by atoms with E-state index in [0.717, 1.165) is 58.0 Å². The minimum absolute atomic E-state index is 0.0802. The monoisotopic (exact) mass is 517 g/mol. The van der Waals surface area contributed by atoms with Crippen LogP contribution in [0, 0.1) is 5.92 Å². The van der Waals surface area contributed by atoms with E-state index in [1.807, 2.05) is 6.07 Å². The first-order valence-electron chi connectivity index (χ1n) is 14.0. The van der Waals surface area contributed by atoms with Gasteiger partial charge in [0, 0.05) is 47.9 Å². The fourth-order valence-corrected chi connectivity index (χ4v) is 9.07. The summed E-state index contributed by atoms with van der Waals surface area (Å²) in [4.78, 5) is 11.8. The van der Waals surface area contributed by atoms with Gasteiger partial charge < -0.3 is 19.8 Å². The molecule has 8 heteroatoms. The standard InChI is InChI=1S/C29H35N5O2S/c30-27-26-25(19-2-1-3-23(10-19)35-16-29-6-4-22(36-29)5-7-29)14-34(28(26)32-17-31-27)20-8-18(9-20)12-33-13-24-11-21(33)15-37-24/h1-3,10,14,17-18,20-22,24H,4-9,11-13,15-16H2,(H2,30,31,32)/t18-,20-,21-,22?,24-,29?/m0/s1. The lowest BCUT2D eigenvalue weighted by atomic mass is 9.79. The molecule has 2 N–H and O–H groups in total. The Morgan fingerprint density at radius 1 is 1.14 bits per heavy atom. The number of thioether (sulfide) groups is 1. The third-order valence-electron chi connectivity index (χ3n) is 9.66. The Morgan fingerprint density at radius 3 is 2.78 bits per heavy atom. The molecule has 0 spiro atoms. The summed E-state index contributed by atoms with van der Waals surface area (Å²) >= 11 is 2.18. The maximum atomic E-state index is 6.44. The van der Waals surface area contributed by atoms with Crippen LogP contribution in [0.2, 0.25) is 0 Å². The van der Waals surface area contributed by atoms with Crippen LogP contribution in [0.25, 0.3) is 22.2 Å². The molecule has 0 unspecified atom stereocenters. The summed E-state index contributed by atoms with van der Waals surface area (Å²) in [6.45, 7) is 3.18. The van der Waals surface area contributed by atoms with Crippen LogP contribution in [0.3, 0.4) is 0 Å². The van der Waals surface area contributed by atoms with Crippen molar-refractivity contribution in [3.8, 4) is 16.9 Å². The maximum Gasteiger partial charge on any atom is 0.146 e. The number of fused-ring (bicyclic) bond motifs is 5. The van der Waals surface area contributed by atoms with Crippen molar-refractivity contribution in [3.63, 3.8) is 0 Å². The van der Waals surface area contributed by atoms with Gasteiger partial charge in [-0.05, 0) is 68.6 Å². The van der Waals surface area contributed by atoms with E-state index < -0.39 is 0 Å². The number of nitrogens with two attached hydrogens (primary N) is 1. The van der Waals surface area contributed by atoms with Gasteiger partial charge in [-0.25, -0.2) is 9.97 Å². The Morgan fingerprint density at radius 2 is 2.03 bits per heavy atom. The molecule has 4 saturated heterocycles. The lowest BCUT2D eigenvalue weighted by Crippen LogP contribution is -2.41. The van der Waals surface area contributed by atoms with Crippen molar-refractivity contribution in [2.24, 2.45) is 5.92 Å². The number of ether oxygens (including phenoxy) is 2. The van der Waals surface area contributed by atoms with E-state index in [-0.39, 0.29) is 5.60 Å². The van der Waals surface area contributed by atoms with Gasteiger partial charge in [0.2, 0.25) is 0 Å². The number of anilines is 1. The van der Waals surface area contributed by atoms with Crippen molar-refractivity contribution >= 4 is 28.6 Å². The Labute approximate surface area is 222 Å². The smallest absolute Gasteiger partial charge is 0.146 e. The summed E-state index contributed by atoms with van der Waals surface area (Å²) in [6, 6.07) is 9.68. The first-order valence-corrected chi connectivity index (χ1v) is 15.1. The summed E-state index contributed by atoms with van der Waals surface area (Å²) < 4.78 is 14.9. The van der Waals surface area contributed by atoms with Gasteiger partial charge in [0.25, 0.3) is 0 Å². The van der Waals surface area contributed by atoms with Gasteiger partial charge >= 0.3 is 0 Å². The number of hydrogen-bond donors (Lipinski definition) is 1. The Bertz CT molecular complexity index is 1330. The van der Waals surface area contributed by atoms with Crippen molar-refractivity contribution in [2.45, 2.75) is 74.0 Å². The van der Waals surface area contributed by atoms with E-state index in [4.69, 9.17) is 20.2 Å². The predicted octanol–water partition coefficient (Wildman–Crippen LogP) is 4.91. The van der Waals surface area contributed by atoms with Gasteiger partial charge in [-0.1, -0.05) is 12.1 Å². The summed E-state index contributed by atoms with van der Waals surface area (Å²) in [5.74, 6) is 3.53. The second kappa shape index (κ2) is 8.61. The van der Waals surface area contributed by atoms with Gasteiger partial charge in [-0.15, -0.1) is 0 Å². The Kier molecular flexibility index (Phi) is 5.28. The highest BCUT2D eigenvalue weighted by atomic mass is 32.2. The molecule has 2 atom stereocenters. The van der Waals surface area contributed by atoms with Crippen molar-refractivity contribution in [2.75, 3.05) is 31.2 Å². The largest absolute Gasteiger partial charge is 0.491 e. The molecule has 7 nitrogen and oxygen atoms in total. The van der Waals surface area contributed by atoms with Crippen LogP contribution in [-0.4, -0.2) is 67.9 Å². The molecule has 0 radical (unpaired) electrons. The number of hydrogen-bond acceptors (Lipinski definition) is 7. The predicted molar refractivity (Wildman–Crippen MR) is 147 cm³/mol. The number of nitrogens with zero attached hydrogens (tertiary/aromatic N) is 4. The van der Waals surface area contributed by atoms with E-state index in [1.54, 1.807) is 6.33 Å². The summed E-state index contributed by atoms with van der Waals surface area (Å²) in [6.07, 6.45) is 12.7. The highest BCUT2D eigenvalue weighted by Gasteiger charge is 2.47. The van der Waals surface area contributed by atoms with Gasteiger partial charge in [0.1, 0.15) is 35.7 Å². The van der Waals surface area contributed by atoms with Gasteiger partial charge in [0.15, 0.2) is 0 Å². The maximum absolute atomic E-state index is 6.44. The average molecular weight is 518 g/mol. The quantitative estimate of drug-likeness (QED) is 0.477. The van der Waals surface area contributed by atoms with E-state index in [9.17, 15) is 0 Å². The van der Waals surface area contributed by atoms with Crippen LogP contribution < -0.4 is 10.5 Å². The van der Waals surface area contributed by atoms with Gasteiger partial charge in [0.05, 0.1) is 11.5 Å². The van der Waals surface area contributed by atoms with Gasteiger partial charge in [-0.2, -0.15) is 11.8 Å². The summed E-state index contributed by atoms with van der Waals surface area (Å²) in [5, 5.41) is 1.84. The highest BCUT2D eigenvalue weighted by Crippen LogP contribution is 2.46.